The summed E-state index contributed by atoms with van der Waals surface area (Å²) in [4.78, 5) is 12.7. The van der Waals surface area contributed by atoms with E-state index in [0.29, 0.717) is 24.2 Å². The number of fused-ring (bicyclic) bond motifs is 1. The van der Waals surface area contributed by atoms with E-state index in [2.05, 4.69) is 5.32 Å². The van der Waals surface area contributed by atoms with Gasteiger partial charge in [0.2, 0.25) is 0 Å². The molecule has 0 fully saturated rings. The molecular formula is C22H17Cl2FN2O3S. The Kier molecular flexibility index (Phi) is 5.92. The molecule has 31 heavy (non-hydrogen) atoms. The van der Waals surface area contributed by atoms with Gasteiger partial charge in [-0.1, -0.05) is 35.3 Å². The van der Waals surface area contributed by atoms with E-state index in [9.17, 15) is 17.6 Å². The molecule has 0 saturated carbocycles. The average molecular weight is 479 g/mol. The summed E-state index contributed by atoms with van der Waals surface area (Å²) in [6.45, 7) is 0.278. The van der Waals surface area contributed by atoms with Gasteiger partial charge >= 0.3 is 0 Å². The second-order valence-electron chi connectivity index (χ2n) is 7.03. The van der Waals surface area contributed by atoms with Gasteiger partial charge in [0.05, 0.1) is 26.2 Å². The maximum absolute atomic E-state index is 13.3. The van der Waals surface area contributed by atoms with E-state index in [1.807, 2.05) is 0 Å². The van der Waals surface area contributed by atoms with E-state index >= 15 is 0 Å². The second kappa shape index (κ2) is 8.49. The normalized spacial score (nSPS) is 13.6. The standard InChI is InChI=1S/C22H17Cl2FN2O3S/c23-18-4-1-5-19(24)21(18)22(28)26-16-9-6-14-3-2-12-27(20(14)13-16)31(29,30)17-10-7-15(25)8-11-17/h1,4-11,13H,2-3,12H2,(H,26,28). The van der Waals surface area contributed by atoms with E-state index in [-0.39, 0.29) is 27.0 Å². The van der Waals surface area contributed by atoms with Crippen molar-refractivity contribution < 1.29 is 17.6 Å². The number of anilines is 2. The lowest BCUT2D eigenvalue weighted by atomic mass is 10.0. The number of benzene rings is 3. The van der Waals surface area contributed by atoms with Crippen LogP contribution in [0.4, 0.5) is 15.8 Å². The monoisotopic (exact) mass is 478 g/mol. The Bertz CT molecular complexity index is 1240. The van der Waals surface area contributed by atoms with Crippen molar-refractivity contribution >= 4 is 50.5 Å². The lowest BCUT2D eigenvalue weighted by molar-refractivity contribution is 0.102. The molecule has 3 aromatic carbocycles. The van der Waals surface area contributed by atoms with Gasteiger partial charge in [-0.05, 0) is 66.9 Å². The maximum atomic E-state index is 13.3. The number of amides is 1. The second-order valence-corrected chi connectivity index (χ2v) is 9.71. The van der Waals surface area contributed by atoms with Crippen molar-refractivity contribution in [3.8, 4) is 0 Å². The molecule has 0 radical (unpaired) electrons. The van der Waals surface area contributed by atoms with Gasteiger partial charge in [0, 0.05) is 12.2 Å². The van der Waals surface area contributed by atoms with Crippen molar-refractivity contribution in [2.24, 2.45) is 0 Å². The van der Waals surface area contributed by atoms with Crippen LogP contribution in [0.3, 0.4) is 0 Å². The molecule has 0 atom stereocenters. The zero-order chi connectivity index (χ0) is 22.2. The molecule has 0 aromatic heterocycles. The van der Waals surface area contributed by atoms with Gasteiger partial charge in [-0.2, -0.15) is 0 Å². The Balaban J connectivity index is 1.68. The van der Waals surface area contributed by atoms with Gasteiger partial charge in [-0.25, -0.2) is 12.8 Å². The van der Waals surface area contributed by atoms with Gasteiger partial charge in [-0.3, -0.25) is 9.10 Å². The molecule has 0 saturated heterocycles. The first kappa shape index (κ1) is 21.6. The van der Waals surface area contributed by atoms with Gasteiger partial charge in [0.1, 0.15) is 5.82 Å². The highest BCUT2D eigenvalue weighted by atomic mass is 35.5. The van der Waals surface area contributed by atoms with Crippen LogP contribution in [0.25, 0.3) is 0 Å². The minimum Gasteiger partial charge on any atom is -0.322 e. The molecule has 9 heteroatoms. The zero-order valence-corrected chi connectivity index (χ0v) is 18.4. The van der Waals surface area contributed by atoms with Gasteiger partial charge in [-0.15, -0.1) is 0 Å². The molecule has 4 rings (SSSR count). The van der Waals surface area contributed by atoms with Crippen LogP contribution in [0.1, 0.15) is 22.3 Å². The van der Waals surface area contributed by atoms with Gasteiger partial charge in [0.25, 0.3) is 15.9 Å². The molecule has 5 nitrogen and oxygen atoms in total. The third-order valence-electron chi connectivity index (χ3n) is 5.01. The first-order valence-corrected chi connectivity index (χ1v) is 11.6. The van der Waals surface area contributed by atoms with E-state index in [1.165, 1.54) is 16.4 Å². The largest absolute Gasteiger partial charge is 0.322 e. The Morgan fingerprint density at radius 3 is 2.35 bits per heavy atom. The molecule has 1 aliphatic rings. The number of carbonyl (C=O) groups excluding carboxylic acids is 1. The molecule has 1 N–H and O–H groups in total. The van der Waals surface area contributed by atoms with Crippen LogP contribution >= 0.6 is 23.2 Å². The molecule has 0 spiro atoms. The number of sulfonamides is 1. The van der Waals surface area contributed by atoms with E-state index < -0.39 is 21.7 Å². The molecule has 160 valence electrons. The minimum absolute atomic E-state index is 0.000891. The van der Waals surface area contributed by atoms with Crippen LogP contribution in [-0.2, 0) is 16.4 Å². The molecule has 3 aromatic rings. The number of nitrogens with zero attached hydrogens (tertiary/aromatic N) is 1. The molecule has 0 bridgehead atoms. The van der Waals surface area contributed by atoms with Crippen molar-refractivity contribution in [2.75, 3.05) is 16.2 Å². The van der Waals surface area contributed by atoms with Gasteiger partial charge in [0.15, 0.2) is 0 Å². The first-order chi connectivity index (χ1) is 14.8. The highest BCUT2D eigenvalue weighted by Crippen LogP contribution is 2.35. The Morgan fingerprint density at radius 1 is 1.00 bits per heavy atom. The Labute approximate surface area is 189 Å². The lowest BCUT2D eigenvalue weighted by Crippen LogP contribution is -2.35. The first-order valence-electron chi connectivity index (χ1n) is 9.44. The molecule has 1 amide bonds. The zero-order valence-electron chi connectivity index (χ0n) is 16.1. The van der Waals surface area contributed by atoms with Crippen molar-refractivity contribution in [2.45, 2.75) is 17.7 Å². The highest BCUT2D eigenvalue weighted by Gasteiger charge is 2.29. The van der Waals surface area contributed by atoms with Crippen LogP contribution in [-0.4, -0.2) is 20.9 Å². The Morgan fingerprint density at radius 2 is 1.68 bits per heavy atom. The molecule has 0 unspecified atom stereocenters. The predicted octanol–water partition coefficient (Wildman–Crippen LogP) is 5.53. The van der Waals surface area contributed by atoms with Crippen LogP contribution < -0.4 is 9.62 Å². The lowest BCUT2D eigenvalue weighted by Gasteiger charge is -2.31. The number of halogens is 3. The van der Waals surface area contributed by atoms with Crippen molar-refractivity contribution in [3.05, 3.63) is 87.7 Å². The number of aryl methyl sites for hydroxylation is 1. The maximum Gasteiger partial charge on any atom is 0.264 e. The molecule has 0 aliphatic carbocycles. The number of hydrogen-bond acceptors (Lipinski definition) is 3. The Hall–Kier alpha value is -2.61. The van der Waals surface area contributed by atoms with Crippen molar-refractivity contribution in [3.63, 3.8) is 0 Å². The number of rotatable bonds is 4. The summed E-state index contributed by atoms with van der Waals surface area (Å²) in [6.07, 6.45) is 1.35. The number of nitrogens with one attached hydrogen (secondary N) is 1. The van der Waals surface area contributed by atoms with Gasteiger partial charge < -0.3 is 5.32 Å². The van der Waals surface area contributed by atoms with Crippen molar-refractivity contribution in [1.29, 1.82) is 0 Å². The predicted molar refractivity (Wildman–Crippen MR) is 120 cm³/mol. The summed E-state index contributed by atoms with van der Waals surface area (Å²) < 4.78 is 40.9. The smallest absolute Gasteiger partial charge is 0.264 e. The summed E-state index contributed by atoms with van der Waals surface area (Å²) in [5.74, 6) is -1.01. The van der Waals surface area contributed by atoms with Crippen LogP contribution in [0.5, 0.6) is 0 Å². The fourth-order valence-corrected chi connectivity index (χ4v) is 5.61. The summed E-state index contributed by atoms with van der Waals surface area (Å²) in [5.41, 5.74) is 1.85. The fraction of sp³-hybridized carbons (Fsp3) is 0.136. The molecular weight excluding hydrogens is 462 g/mol. The van der Waals surface area contributed by atoms with Crippen LogP contribution in [0, 0.1) is 5.82 Å². The molecule has 1 aliphatic heterocycles. The topological polar surface area (TPSA) is 66.5 Å². The molecule has 1 heterocycles. The summed E-state index contributed by atoms with van der Waals surface area (Å²) in [5, 5.41) is 3.15. The van der Waals surface area contributed by atoms with E-state index in [0.717, 1.165) is 17.7 Å². The summed E-state index contributed by atoms with van der Waals surface area (Å²) >= 11 is 12.2. The third kappa shape index (κ3) is 4.26. The summed E-state index contributed by atoms with van der Waals surface area (Å²) in [7, 11) is -3.89. The van der Waals surface area contributed by atoms with Crippen molar-refractivity contribution in [1.82, 2.24) is 0 Å². The van der Waals surface area contributed by atoms with E-state index in [4.69, 9.17) is 23.2 Å². The third-order valence-corrected chi connectivity index (χ3v) is 7.47. The number of carbonyl (C=O) groups is 1. The minimum atomic E-state index is -3.89. The average Bonchev–Trinajstić information content (AvgIpc) is 2.73. The van der Waals surface area contributed by atoms with E-state index in [1.54, 1.807) is 36.4 Å². The van der Waals surface area contributed by atoms with Crippen LogP contribution in [0.15, 0.2) is 65.6 Å². The summed E-state index contributed by atoms with van der Waals surface area (Å²) in [6, 6.07) is 14.6. The SMILES string of the molecule is O=C(Nc1ccc2c(c1)N(S(=O)(=O)c1ccc(F)cc1)CCC2)c1c(Cl)cccc1Cl. The van der Waals surface area contributed by atoms with Crippen LogP contribution in [0.2, 0.25) is 10.0 Å². The highest BCUT2D eigenvalue weighted by molar-refractivity contribution is 7.92. The fourth-order valence-electron chi connectivity index (χ4n) is 3.51. The quantitative estimate of drug-likeness (QED) is 0.536. The number of hydrogen-bond donors (Lipinski definition) is 1.